The predicted molar refractivity (Wildman–Crippen MR) is 135 cm³/mol. The van der Waals surface area contributed by atoms with Gasteiger partial charge in [-0.2, -0.15) is 0 Å². The number of hydrogen-bond acceptors (Lipinski definition) is 4. The van der Waals surface area contributed by atoms with Gasteiger partial charge in [-0.15, -0.1) is 0 Å². The summed E-state index contributed by atoms with van der Waals surface area (Å²) < 4.78 is 2.08. The van der Waals surface area contributed by atoms with Gasteiger partial charge in [-0.25, -0.2) is 4.98 Å². The van der Waals surface area contributed by atoms with Crippen molar-refractivity contribution in [3.63, 3.8) is 0 Å². The number of carbonyl (C=O) groups excluding carboxylic acids is 1. The SMILES string of the molecule is Cc1nccn1CCNC(=O)CCC[C@@H]1[C@H]2CCCN3CCC[C@@H](CN1Cc1ccccc1)[C@@H]23. The van der Waals surface area contributed by atoms with E-state index in [2.05, 4.69) is 55.0 Å². The van der Waals surface area contributed by atoms with E-state index >= 15 is 0 Å². The van der Waals surface area contributed by atoms with Crippen LogP contribution in [0.15, 0.2) is 42.7 Å². The average Bonchev–Trinajstić information content (AvgIpc) is 3.26. The molecule has 0 saturated carbocycles. The molecule has 1 amide bonds. The summed E-state index contributed by atoms with van der Waals surface area (Å²) in [5, 5.41) is 3.12. The van der Waals surface area contributed by atoms with E-state index in [1.807, 2.05) is 19.3 Å². The standard InChI is InChI=1S/C28H41N5O/c1-22-29-14-18-31(22)19-15-30-27(34)13-5-12-26-25-11-7-17-32-16-6-10-24(28(25)32)21-33(26)20-23-8-3-2-4-9-23/h2-4,8-9,14,18,24-26,28H,5-7,10-13,15-17,19-21H2,1H3,(H,30,34)/t24-,25+,26+,28-/m0/s1. The molecule has 0 radical (unpaired) electrons. The van der Waals surface area contributed by atoms with Gasteiger partial charge in [0.1, 0.15) is 5.82 Å². The highest BCUT2D eigenvalue weighted by Crippen LogP contribution is 2.43. The highest BCUT2D eigenvalue weighted by molar-refractivity contribution is 5.75. The lowest BCUT2D eigenvalue weighted by atomic mass is 9.69. The molecular formula is C28H41N5O. The molecule has 1 aromatic carbocycles. The van der Waals surface area contributed by atoms with Crippen LogP contribution >= 0.6 is 0 Å². The first kappa shape index (κ1) is 23.6. The van der Waals surface area contributed by atoms with Crippen molar-refractivity contribution in [2.75, 3.05) is 26.2 Å². The molecule has 5 rings (SSSR count). The van der Waals surface area contributed by atoms with Gasteiger partial charge in [0.15, 0.2) is 0 Å². The summed E-state index contributed by atoms with van der Waals surface area (Å²) in [6.07, 6.45) is 11.9. The maximum Gasteiger partial charge on any atom is 0.220 e. The Kier molecular flexibility index (Phi) is 7.65. The van der Waals surface area contributed by atoms with Crippen LogP contribution < -0.4 is 5.32 Å². The number of carbonyl (C=O) groups is 1. The van der Waals surface area contributed by atoms with Crippen molar-refractivity contribution in [2.24, 2.45) is 11.8 Å². The maximum absolute atomic E-state index is 12.6. The molecular weight excluding hydrogens is 422 g/mol. The van der Waals surface area contributed by atoms with Crippen LogP contribution in [0, 0.1) is 18.8 Å². The Labute approximate surface area is 204 Å². The van der Waals surface area contributed by atoms with E-state index in [1.54, 1.807) is 0 Å². The van der Waals surface area contributed by atoms with E-state index in [4.69, 9.17) is 0 Å². The quantitative estimate of drug-likeness (QED) is 0.614. The van der Waals surface area contributed by atoms with E-state index in [1.165, 1.54) is 50.9 Å². The molecule has 6 nitrogen and oxygen atoms in total. The second-order valence-corrected chi connectivity index (χ2v) is 10.6. The number of hydrogen-bond donors (Lipinski definition) is 1. The Hall–Kier alpha value is -2.18. The van der Waals surface area contributed by atoms with Crippen LogP contribution in [0.4, 0.5) is 0 Å². The fraction of sp³-hybridized carbons (Fsp3) is 0.643. The smallest absolute Gasteiger partial charge is 0.220 e. The van der Waals surface area contributed by atoms with Crippen molar-refractivity contribution in [1.82, 2.24) is 24.7 Å². The minimum atomic E-state index is 0.184. The number of amides is 1. The zero-order valence-electron chi connectivity index (χ0n) is 20.7. The molecule has 3 aliphatic rings. The molecule has 4 atom stereocenters. The molecule has 3 aliphatic heterocycles. The zero-order valence-corrected chi connectivity index (χ0v) is 20.7. The third-order valence-corrected chi connectivity index (χ3v) is 8.51. The van der Waals surface area contributed by atoms with Gasteiger partial charge in [0.2, 0.25) is 5.91 Å². The summed E-state index contributed by atoms with van der Waals surface area (Å²) >= 11 is 0. The Balaban J connectivity index is 1.19. The van der Waals surface area contributed by atoms with Crippen LogP contribution in [0.3, 0.4) is 0 Å². The number of benzene rings is 1. The third-order valence-electron chi connectivity index (χ3n) is 8.51. The zero-order chi connectivity index (χ0) is 23.3. The van der Waals surface area contributed by atoms with E-state index in [9.17, 15) is 4.79 Å². The number of imidazole rings is 1. The van der Waals surface area contributed by atoms with Crippen molar-refractivity contribution in [1.29, 1.82) is 0 Å². The van der Waals surface area contributed by atoms with Gasteiger partial charge < -0.3 is 9.88 Å². The second kappa shape index (κ2) is 11.0. The molecule has 3 fully saturated rings. The van der Waals surface area contributed by atoms with Crippen LogP contribution in [0.25, 0.3) is 0 Å². The van der Waals surface area contributed by atoms with E-state index in [0.29, 0.717) is 19.0 Å². The summed E-state index contributed by atoms with van der Waals surface area (Å²) in [4.78, 5) is 22.4. The first-order valence-corrected chi connectivity index (χ1v) is 13.5. The lowest BCUT2D eigenvalue weighted by Crippen LogP contribution is -2.64. The number of rotatable bonds is 9. The molecule has 1 aromatic heterocycles. The molecule has 34 heavy (non-hydrogen) atoms. The molecule has 184 valence electrons. The van der Waals surface area contributed by atoms with Gasteiger partial charge in [0.25, 0.3) is 0 Å². The summed E-state index contributed by atoms with van der Waals surface area (Å²) in [7, 11) is 0. The summed E-state index contributed by atoms with van der Waals surface area (Å²) in [5.41, 5.74) is 1.42. The Morgan fingerprint density at radius 1 is 1.15 bits per heavy atom. The lowest BCUT2D eigenvalue weighted by molar-refractivity contribution is -0.121. The molecule has 3 saturated heterocycles. The van der Waals surface area contributed by atoms with E-state index in [-0.39, 0.29) is 5.91 Å². The van der Waals surface area contributed by atoms with Crippen molar-refractivity contribution in [3.8, 4) is 0 Å². The van der Waals surface area contributed by atoms with Crippen LogP contribution in [-0.2, 0) is 17.9 Å². The molecule has 0 spiro atoms. The maximum atomic E-state index is 12.6. The van der Waals surface area contributed by atoms with Crippen molar-refractivity contribution in [3.05, 3.63) is 54.1 Å². The summed E-state index contributed by atoms with van der Waals surface area (Å²) in [6, 6.07) is 12.3. The topological polar surface area (TPSA) is 53.4 Å². The largest absolute Gasteiger partial charge is 0.354 e. The number of nitrogens with zero attached hydrogens (tertiary/aromatic N) is 4. The summed E-state index contributed by atoms with van der Waals surface area (Å²) in [5.74, 6) is 2.74. The van der Waals surface area contributed by atoms with E-state index < -0.39 is 0 Å². The Morgan fingerprint density at radius 2 is 1.97 bits per heavy atom. The Bertz CT molecular complexity index is 926. The van der Waals surface area contributed by atoms with Crippen molar-refractivity contribution >= 4 is 5.91 Å². The van der Waals surface area contributed by atoms with Crippen molar-refractivity contribution < 1.29 is 4.79 Å². The molecule has 0 bridgehead atoms. The molecule has 1 N–H and O–H groups in total. The predicted octanol–water partition coefficient (Wildman–Crippen LogP) is 3.85. The van der Waals surface area contributed by atoms with Gasteiger partial charge >= 0.3 is 0 Å². The fourth-order valence-electron chi connectivity index (χ4n) is 7.00. The minimum absolute atomic E-state index is 0.184. The number of aromatic nitrogens is 2. The number of nitrogens with one attached hydrogen (secondary N) is 1. The first-order valence-electron chi connectivity index (χ1n) is 13.5. The molecule has 2 aromatic rings. The lowest BCUT2D eigenvalue weighted by Gasteiger charge is -2.57. The highest BCUT2D eigenvalue weighted by atomic mass is 16.1. The van der Waals surface area contributed by atoms with Gasteiger partial charge in [-0.1, -0.05) is 30.3 Å². The van der Waals surface area contributed by atoms with Gasteiger partial charge in [-0.3, -0.25) is 14.6 Å². The van der Waals surface area contributed by atoms with Crippen LogP contribution in [-0.4, -0.2) is 63.5 Å². The van der Waals surface area contributed by atoms with Crippen LogP contribution in [0.2, 0.25) is 0 Å². The molecule has 6 heteroatoms. The number of piperidine rings is 3. The minimum Gasteiger partial charge on any atom is -0.354 e. The van der Waals surface area contributed by atoms with Crippen LogP contribution in [0.5, 0.6) is 0 Å². The highest BCUT2D eigenvalue weighted by Gasteiger charge is 2.48. The van der Waals surface area contributed by atoms with Crippen molar-refractivity contribution in [2.45, 2.75) is 77.0 Å². The number of likely N-dealkylation sites (tertiary alicyclic amines) is 1. The molecule has 4 heterocycles. The Morgan fingerprint density at radius 3 is 2.76 bits per heavy atom. The monoisotopic (exact) mass is 463 g/mol. The van der Waals surface area contributed by atoms with Gasteiger partial charge in [-0.05, 0) is 75.9 Å². The van der Waals surface area contributed by atoms with E-state index in [0.717, 1.165) is 49.6 Å². The molecule has 0 unspecified atom stereocenters. The van der Waals surface area contributed by atoms with Gasteiger partial charge in [0.05, 0.1) is 0 Å². The third kappa shape index (κ3) is 5.38. The van der Waals surface area contributed by atoms with Crippen LogP contribution in [0.1, 0.15) is 56.3 Å². The van der Waals surface area contributed by atoms with Gasteiger partial charge in [0, 0.05) is 57.1 Å². The number of aryl methyl sites for hydroxylation is 1. The fourth-order valence-corrected chi connectivity index (χ4v) is 7.00. The normalized spacial score (nSPS) is 27.3. The first-order chi connectivity index (χ1) is 16.7. The second-order valence-electron chi connectivity index (χ2n) is 10.6. The molecule has 0 aliphatic carbocycles. The average molecular weight is 464 g/mol. The summed E-state index contributed by atoms with van der Waals surface area (Å²) in [6.45, 7) is 8.29.